The molecular weight excluding hydrogens is 388 g/mol. The average Bonchev–Trinajstić information content (AvgIpc) is 2.78. The maximum Gasteiger partial charge on any atom is 0.338 e. The van der Waals surface area contributed by atoms with Gasteiger partial charge in [-0.15, -0.1) is 0 Å². The Hall–Kier alpha value is -3.49. The van der Waals surface area contributed by atoms with E-state index < -0.39 is 16.8 Å². The van der Waals surface area contributed by atoms with Crippen molar-refractivity contribution in [2.75, 3.05) is 24.6 Å². The van der Waals surface area contributed by atoms with Crippen LogP contribution in [0, 0.1) is 10.1 Å². The summed E-state index contributed by atoms with van der Waals surface area (Å²) in [5.74, 6) is -0.320. The summed E-state index contributed by atoms with van der Waals surface area (Å²) in [7, 11) is 0. The Morgan fingerprint density at radius 1 is 1.17 bits per heavy atom. The number of nitro benzene ring substituents is 1. The summed E-state index contributed by atoms with van der Waals surface area (Å²) in [4.78, 5) is 41.7. The van der Waals surface area contributed by atoms with Crippen LogP contribution in [0.1, 0.15) is 52.5 Å². The number of piperidine rings is 1. The SMILES string of the molecule is CCOC(=O)c1cc(C(=O)NCc2ccc(N3CCCCC3)nc2)cc([N+](=O)[O-])c1. The van der Waals surface area contributed by atoms with Gasteiger partial charge in [-0.05, 0) is 43.9 Å². The monoisotopic (exact) mass is 412 g/mol. The van der Waals surface area contributed by atoms with Gasteiger partial charge in [0.2, 0.25) is 0 Å². The van der Waals surface area contributed by atoms with E-state index in [1.807, 2.05) is 12.1 Å². The maximum atomic E-state index is 12.5. The fourth-order valence-electron chi connectivity index (χ4n) is 3.30. The number of benzene rings is 1. The number of carbonyl (C=O) groups excluding carboxylic acids is 2. The van der Waals surface area contributed by atoms with Crippen molar-refractivity contribution < 1.29 is 19.2 Å². The van der Waals surface area contributed by atoms with E-state index >= 15 is 0 Å². The normalized spacial score (nSPS) is 13.6. The van der Waals surface area contributed by atoms with Gasteiger partial charge in [-0.3, -0.25) is 14.9 Å². The number of aromatic nitrogens is 1. The zero-order valence-electron chi connectivity index (χ0n) is 16.8. The molecule has 0 unspecified atom stereocenters. The molecule has 1 aliphatic rings. The standard InChI is InChI=1S/C21H24N4O5/c1-2-30-21(27)17-10-16(11-18(12-17)25(28)29)20(26)23-14-15-6-7-19(22-13-15)24-8-4-3-5-9-24/h6-7,10-13H,2-5,8-9,14H2,1H3,(H,23,26). The Kier molecular flexibility index (Phi) is 6.95. The van der Waals surface area contributed by atoms with Gasteiger partial charge >= 0.3 is 5.97 Å². The van der Waals surface area contributed by atoms with Gasteiger partial charge in [-0.2, -0.15) is 0 Å². The Bertz CT molecular complexity index is 923. The number of nitro groups is 1. The first-order valence-electron chi connectivity index (χ1n) is 9.92. The van der Waals surface area contributed by atoms with Crippen molar-refractivity contribution in [3.05, 3.63) is 63.3 Å². The highest BCUT2D eigenvalue weighted by molar-refractivity contribution is 5.99. The zero-order valence-corrected chi connectivity index (χ0v) is 16.8. The topological polar surface area (TPSA) is 115 Å². The largest absolute Gasteiger partial charge is 0.462 e. The minimum Gasteiger partial charge on any atom is -0.462 e. The van der Waals surface area contributed by atoms with E-state index in [2.05, 4.69) is 15.2 Å². The number of esters is 1. The molecule has 0 spiro atoms. The van der Waals surface area contributed by atoms with Crippen LogP contribution in [0.5, 0.6) is 0 Å². The van der Waals surface area contributed by atoms with Crippen molar-refractivity contribution in [3.63, 3.8) is 0 Å². The van der Waals surface area contributed by atoms with E-state index in [0.717, 1.165) is 49.4 Å². The highest BCUT2D eigenvalue weighted by Gasteiger charge is 2.19. The Labute approximate surface area is 174 Å². The molecule has 1 N–H and O–H groups in total. The number of pyridine rings is 1. The highest BCUT2D eigenvalue weighted by atomic mass is 16.6. The van der Waals surface area contributed by atoms with E-state index in [4.69, 9.17) is 4.74 Å². The van der Waals surface area contributed by atoms with Gasteiger partial charge in [-0.1, -0.05) is 6.07 Å². The van der Waals surface area contributed by atoms with Gasteiger partial charge in [-0.25, -0.2) is 9.78 Å². The van der Waals surface area contributed by atoms with E-state index in [1.165, 1.54) is 12.5 Å². The molecule has 0 saturated carbocycles. The van der Waals surface area contributed by atoms with Gasteiger partial charge in [0, 0.05) is 43.5 Å². The van der Waals surface area contributed by atoms with Crippen molar-refractivity contribution in [1.82, 2.24) is 10.3 Å². The second-order valence-corrected chi connectivity index (χ2v) is 7.00. The van der Waals surface area contributed by atoms with E-state index in [0.29, 0.717) is 0 Å². The first kappa shape index (κ1) is 21.2. The third-order valence-electron chi connectivity index (χ3n) is 4.84. The van der Waals surface area contributed by atoms with Crippen LogP contribution < -0.4 is 10.2 Å². The number of ether oxygens (including phenoxy) is 1. The van der Waals surface area contributed by atoms with Crippen LogP contribution in [0.2, 0.25) is 0 Å². The summed E-state index contributed by atoms with van der Waals surface area (Å²) in [6.45, 7) is 3.97. The third-order valence-corrected chi connectivity index (χ3v) is 4.84. The van der Waals surface area contributed by atoms with Crippen LogP contribution in [0.4, 0.5) is 11.5 Å². The molecule has 2 heterocycles. The predicted molar refractivity (Wildman–Crippen MR) is 111 cm³/mol. The van der Waals surface area contributed by atoms with Crippen LogP contribution in [0.15, 0.2) is 36.5 Å². The fourth-order valence-corrected chi connectivity index (χ4v) is 3.30. The lowest BCUT2D eigenvalue weighted by Gasteiger charge is -2.27. The number of hydrogen-bond donors (Lipinski definition) is 1. The summed E-state index contributed by atoms with van der Waals surface area (Å²) in [6, 6.07) is 7.35. The fraction of sp³-hybridized carbons (Fsp3) is 0.381. The average molecular weight is 412 g/mol. The number of anilines is 1. The number of nitrogens with zero attached hydrogens (tertiary/aromatic N) is 3. The number of carbonyl (C=O) groups is 2. The molecule has 1 amide bonds. The first-order chi connectivity index (χ1) is 14.5. The van der Waals surface area contributed by atoms with Gasteiger partial charge in [0.15, 0.2) is 0 Å². The second-order valence-electron chi connectivity index (χ2n) is 7.00. The predicted octanol–water partition coefficient (Wildman–Crippen LogP) is 3.09. The molecule has 1 aromatic carbocycles. The maximum absolute atomic E-state index is 12.5. The lowest BCUT2D eigenvalue weighted by atomic mass is 10.1. The van der Waals surface area contributed by atoms with E-state index in [9.17, 15) is 19.7 Å². The molecule has 1 aromatic heterocycles. The summed E-state index contributed by atoms with van der Waals surface area (Å²) < 4.78 is 4.88. The molecule has 9 heteroatoms. The summed E-state index contributed by atoms with van der Waals surface area (Å²) in [5, 5.41) is 13.9. The van der Waals surface area contributed by atoms with Crippen LogP contribution >= 0.6 is 0 Å². The molecule has 1 aliphatic heterocycles. The Morgan fingerprint density at radius 3 is 2.53 bits per heavy atom. The van der Waals surface area contributed by atoms with Crippen molar-refractivity contribution in [2.24, 2.45) is 0 Å². The number of non-ortho nitro benzene ring substituents is 1. The van der Waals surface area contributed by atoms with E-state index in [1.54, 1.807) is 13.1 Å². The number of nitrogens with one attached hydrogen (secondary N) is 1. The van der Waals surface area contributed by atoms with Gasteiger partial charge in [0.05, 0.1) is 17.1 Å². The van der Waals surface area contributed by atoms with Crippen LogP contribution in [-0.2, 0) is 11.3 Å². The van der Waals surface area contributed by atoms with Crippen molar-refractivity contribution in [1.29, 1.82) is 0 Å². The minimum atomic E-state index is -0.715. The number of rotatable bonds is 7. The van der Waals surface area contributed by atoms with Crippen molar-refractivity contribution in [3.8, 4) is 0 Å². The smallest absolute Gasteiger partial charge is 0.338 e. The highest BCUT2D eigenvalue weighted by Crippen LogP contribution is 2.19. The molecule has 30 heavy (non-hydrogen) atoms. The van der Waals surface area contributed by atoms with Gasteiger partial charge in [0.1, 0.15) is 5.82 Å². The molecule has 3 rings (SSSR count). The molecule has 1 fully saturated rings. The summed E-state index contributed by atoms with van der Waals surface area (Å²) in [6.07, 6.45) is 5.28. The number of amides is 1. The molecule has 158 valence electrons. The van der Waals surface area contributed by atoms with Gasteiger partial charge < -0.3 is 15.0 Å². The van der Waals surface area contributed by atoms with Crippen LogP contribution in [0.3, 0.4) is 0 Å². The molecule has 0 atom stereocenters. The lowest BCUT2D eigenvalue weighted by molar-refractivity contribution is -0.384. The van der Waals surface area contributed by atoms with Crippen molar-refractivity contribution in [2.45, 2.75) is 32.7 Å². The Morgan fingerprint density at radius 2 is 1.90 bits per heavy atom. The number of hydrogen-bond acceptors (Lipinski definition) is 7. The zero-order chi connectivity index (χ0) is 21.5. The second kappa shape index (κ2) is 9.82. The van der Waals surface area contributed by atoms with Crippen molar-refractivity contribution >= 4 is 23.4 Å². The molecule has 0 radical (unpaired) electrons. The molecule has 2 aromatic rings. The van der Waals surface area contributed by atoms with Crippen LogP contribution in [-0.4, -0.2) is 41.5 Å². The summed E-state index contributed by atoms with van der Waals surface area (Å²) >= 11 is 0. The van der Waals surface area contributed by atoms with Crippen LogP contribution in [0.25, 0.3) is 0 Å². The molecule has 0 aliphatic carbocycles. The minimum absolute atomic E-state index is 0.0187. The molecule has 1 saturated heterocycles. The third kappa shape index (κ3) is 5.31. The molecule has 0 bridgehead atoms. The van der Waals surface area contributed by atoms with E-state index in [-0.39, 0.29) is 30.0 Å². The van der Waals surface area contributed by atoms with Gasteiger partial charge in [0.25, 0.3) is 11.6 Å². The first-order valence-corrected chi connectivity index (χ1v) is 9.92. The molecule has 9 nitrogen and oxygen atoms in total. The molecular formula is C21H24N4O5. The quantitative estimate of drug-likeness (QED) is 0.422. The Balaban J connectivity index is 1.67. The lowest BCUT2D eigenvalue weighted by Crippen LogP contribution is -2.30. The summed E-state index contributed by atoms with van der Waals surface area (Å²) in [5.41, 5.74) is 0.437.